The van der Waals surface area contributed by atoms with Crippen molar-refractivity contribution in [2.45, 2.75) is 0 Å². The van der Waals surface area contributed by atoms with Crippen LogP contribution in [0.25, 0.3) is 6.08 Å². The average molecular weight is 224 g/mol. The molecular formula is C9H8N2O5. The van der Waals surface area contributed by atoms with Crippen LogP contribution in [0.2, 0.25) is 0 Å². The van der Waals surface area contributed by atoms with E-state index in [-0.39, 0.29) is 11.3 Å². The molecule has 1 rings (SSSR count). The zero-order valence-corrected chi connectivity index (χ0v) is 8.28. The van der Waals surface area contributed by atoms with E-state index in [2.05, 4.69) is 9.72 Å². The van der Waals surface area contributed by atoms with Crippen molar-refractivity contribution in [2.75, 3.05) is 7.11 Å². The van der Waals surface area contributed by atoms with Crippen LogP contribution in [0.4, 0.5) is 5.69 Å². The average Bonchev–Trinajstić information content (AvgIpc) is 2.28. The highest BCUT2D eigenvalue weighted by Crippen LogP contribution is 2.18. The lowest BCUT2D eigenvalue weighted by Gasteiger charge is -1.98. The molecule has 0 aliphatic rings. The molecular weight excluding hydrogens is 216 g/mol. The van der Waals surface area contributed by atoms with Crippen molar-refractivity contribution in [1.82, 2.24) is 4.98 Å². The fraction of sp³-hybridized carbons (Fsp3) is 0.111. The lowest BCUT2D eigenvalue weighted by atomic mass is 10.2. The van der Waals surface area contributed by atoms with Gasteiger partial charge < -0.3 is 9.84 Å². The van der Waals surface area contributed by atoms with Crippen LogP contribution < -0.4 is 0 Å². The van der Waals surface area contributed by atoms with Crippen LogP contribution >= 0.6 is 0 Å². The Labute approximate surface area is 90.1 Å². The van der Waals surface area contributed by atoms with Crippen molar-refractivity contribution in [1.29, 1.82) is 0 Å². The van der Waals surface area contributed by atoms with Crippen molar-refractivity contribution in [2.24, 2.45) is 0 Å². The van der Waals surface area contributed by atoms with E-state index in [1.807, 2.05) is 0 Å². The maximum atomic E-state index is 10.9. The fourth-order valence-electron chi connectivity index (χ4n) is 0.982. The van der Waals surface area contributed by atoms with E-state index in [9.17, 15) is 20.0 Å². The molecule has 7 nitrogen and oxygen atoms in total. The summed E-state index contributed by atoms with van der Waals surface area (Å²) in [7, 11) is 1.09. The molecule has 0 aromatic carbocycles. The zero-order chi connectivity index (χ0) is 12.1. The first-order valence-electron chi connectivity index (χ1n) is 4.13. The van der Waals surface area contributed by atoms with Crippen molar-refractivity contribution in [3.8, 4) is 0 Å². The molecule has 0 aliphatic heterocycles. The third-order valence-corrected chi connectivity index (χ3v) is 1.72. The molecule has 0 unspecified atom stereocenters. The molecule has 1 aromatic heterocycles. The third kappa shape index (κ3) is 2.53. The number of carbonyl (C=O) groups is 1. The quantitative estimate of drug-likeness (QED) is 0.271. The van der Waals surface area contributed by atoms with E-state index >= 15 is 0 Å². The van der Waals surface area contributed by atoms with E-state index in [0.717, 1.165) is 19.4 Å². The summed E-state index contributed by atoms with van der Waals surface area (Å²) < 4.78 is 4.24. The van der Waals surface area contributed by atoms with Crippen LogP contribution in [0.3, 0.4) is 0 Å². The molecule has 1 N–H and O–H groups in total. The van der Waals surface area contributed by atoms with Crippen molar-refractivity contribution >= 4 is 17.7 Å². The van der Waals surface area contributed by atoms with Gasteiger partial charge in [-0.3, -0.25) is 15.1 Å². The largest absolute Gasteiger partial charge is 0.502 e. The first-order chi connectivity index (χ1) is 7.56. The third-order valence-electron chi connectivity index (χ3n) is 1.72. The van der Waals surface area contributed by atoms with Gasteiger partial charge in [0.25, 0.3) is 5.69 Å². The second-order valence-corrected chi connectivity index (χ2v) is 2.71. The second kappa shape index (κ2) is 4.87. The van der Waals surface area contributed by atoms with Crippen molar-refractivity contribution in [3.05, 3.63) is 39.9 Å². The number of rotatable bonds is 3. The van der Waals surface area contributed by atoms with Crippen molar-refractivity contribution < 1.29 is 19.6 Å². The normalized spacial score (nSPS) is 10.9. The number of hydrogen-bond acceptors (Lipinski definition) is 6. The molecule has 1 heterocycles. The first-order valence-corrected chi connectivity index (χ1v) is 4.13. The number of carbonyl (C=O) groups excluding carboxylic acids is 1. The van der Waals surface area contributed by atoms with Crippen LogP contribution in [0.5, 0.6) is 0 Å². The number of nitro groups is 1. The summed E-state index contributed by atoms with van der Waals surface area (Å²) in [5, 5.41) is 19.8. The number of hydrogen-bond donors (Lipinski definition) is 1. The summed E-state index contributed by atoms with van der Waals surface area (Å²) in [4.78, 5) is 24.4. The topological polar surface area (TPSA) is 103 Å². The molecule has 16 heavy (non-hydrogen) atoms. The maximum Gasteiger partial charge on any atom is 0.373 e. The number of aliphatic hydroxyl groups excluding tert-OH is 1. The number of aliphatic hydroxyl groups is 1. The molecule has 0 saturated carbocycles. The molecule has 0 atom stereocenters. The highest BCUT2D eigenvalue weighted by molar-refractivity contribution is 5.91. The van der Waals surface area contributed by atoms with Gasteiger partial charge in [0.15, 0.2) is 0 Å². The number of esters is 1. The highest BCUT2D eigenvalue weighted by atomic mass is 16.6. The Morgan fingerprint density at radius 2 is 2.38 bits per heavy atom. The van der Waals surface area contributed by atoms with E-state index < -0.39 is 16.7 Å². The van der Waals surface area contributed by atoms with Crippen LogP contribution in [-0.4, -0.2) is 28.1 Å². The molecule has 1 aromatic rings. The Bertz CT molecular complexity index is 455. The molecule has 0 spiro atoms. The SMILES string of the molecule is COC(=O)/C(O)=C/c1ccncc1[N+](=O)[O-]. The number of ether oxygens (including phenoxy) is 1. The molecule has 0 aliphatic carbocycles. The van der Waals surface area contributed by atoms with E-state index in [4.69, 9.17) is 0 Å². The van der Waals surface area contributed by atoms with Gasteiger partial charge in [0.05, 0.1) is 17.6 Å². The Balaban J connectivity index is 3.14. The summed E-state index contributed by atoms with van der Waals surface area (Å²) in [6, 6.07) is 1.30. The van der Waals surface area contributed by atoms with E-state index in [0.29, 0.717) is 0 Å². The number of methoxy groups -OCH3 is 1. The maximum absolute atomic E-state index is 10.9. The fourth-order valence-corrected chi connectivity index (χ4v) is 0.982. The monoisotopic (exact) mass is 224 g/mol. The zero-order valence-electron chi connectivity index (χ0n) is 8.28. The summed E-state index contributed by atoms with van der Waals surface area (Å²) in [5.74, 6) is -1.68. The minimum absolute atomic E-state index is 0.0721. The van der Waals surface area contributed by atoms with Gasteiger partial charge in [-0.2, -0.15) is 0 Å². The summed E-state index contributed by atoms with van der Waals surface area (Å²) in [6.07, 6.45) is 3.28. The lowest BCUT2D eigenvalue weighted by molar-refractivity contribution is -0.385. The van der Waals surface area contributed by atoms with E-state index in [1.54, 1.807) is 0 Å². The van der Waals surface area contributed by atoms with Gasteiger partial charge in [-0.25, -0.2) is 4.79 Å². The molecule has 0 saturated heterocycles. The van der Waals surface area contributed by atoms with Gasteiger partial charge in [0, 0.05) is 12.3 Å². The van der Waals surface area contributed by atoms with Crippen LogP contribution in [-0.2, 0) is 9.53 Å². The van der Waals surface area contributed by atoms with Crippen LogP contribution in [0.15, 0.2) is 24.2 Å². The van der Waals surface area contributed by atoms with Gasteiger partial charge in [0.2, 0.25) is 5.76 Å². The molecule has 0 amide bonds. The second-order valence-electron chi connectivity index (χ2n) is 2.71. The molecule has 0 fully saturated rings. The van der Waals surface area contributed by atoms with Gasteiger partial charge >= 0.3 is 5.97 Å². The smallest absolute Gasteiger partial charge is 0.373 e. The van der Waals surface area contributed by atoms with Gasteiger partial charge in [-0.1, -0.05) is 0 Å². The molecule has 0 radical (unpaired) electrons. The van der Waals surface area contributed by atoms with Gasteiger partial charge in [0.1, 0.15) is 6.20 Å². The molecule has 0 bridgehead atoms. The van der Waals surface area contributed by atoms with Crippen molar-refractivity contribution in [3.63, 3.8) is 0 Å². The molecule has 7 heteroatoms. The van der Waals surface area contributed by atoms with E-state index in [1.165, 1.54) is 12.3 Å². The minimum Gasteiger partial charge on any atom is -0.502 e. The summed E-state index contributed by atoms with van der Waals surface area (Å²) in [6.45, 7) is 0. The Kier molecular flexibility index (Phi) is 3.54. The van der Waals surface area contributed by atoms with Gasteiger partial charge in [-0.05, 0) is 6.07 Å². The number of pyridine rings is 1. The molecule has 84 valence electrons. The predicted molar refractivity (Wildman–Crippen MR) is 53.5 cm³/mol. The summed E-state index contributed by atoms with van der Waals surface area (Å²) >= 11 is 0. The lowest BCUT2D eigenvalue weighted by Crippen LogP contribution is -2.04. The standard InChI is InChI=1S/C9H8N2O5/c1-16-9(13)8(12)4-6-2-3-10-5-7(6)11(14)15/h2-5,12H,1H3/b8-4-. The Hall–Kier alpha value is -2.44. The number of aromatic nitrogens is 1. The number of nitrogens with zero attached hydrogens (tertiary/aromatic N) is 2. The minimum atomic E-state index is -0.967. The predicted octanol–water partition coefficient (Wildman–Crippen LogP) is 1.06. The highest BCUT2D eigenvalue weighted by Gasteiger charge is 2.14. The Morgan fingerprint density at radius 3 is 2.94 bits per heavy atom. The Morgan fingerprint density at radius 1 is 1.69 bits per heavy atom. The summed E-state index contributed by atoms with van der Waals surface area (Å²) in [5.41, 5.74) is -0.235. The van der Waals surface area contributed by atoms with Crippen LogP contribution in [0.1, 0.15) is 5.56 Å². The van der Waals surface area contributed by atoms with Crippen LogP contribution in [0, 0.1) is 10.1 Å². The van der Waals surface area contributed by atoms with Gasteiger partial charge in [-0.15, -0.1) is 0 Å². The first kappa shape index (κ1) is 11.6.